The predicted octanol–water partition coefficient (Wildman–Crippen LogP) is 1.82. The van der Waals surface area contributed by atoms with Gasteiger partial charge in [-0.15, -0.1) is 0 Å². The first kappa shape index (κ1) is 12.5. The van der Waals surface area contributed by atoms with Crippen molar-refractivity contribution >= 4 is 0 Å². The third-order valence-corrected chi connectivity index (χ3v) is 2.83. The first-order valence-corrected chi connectivity index (χ1v) is 5.71. The molecular formula is C14H16N2O2. The number of ether oxygens (including phenoxy) is 1. The van der Waals surface area contributed by atoms with Crippen LogP contribution in [0.1, 0.15) is 23.3 Å². The Balaban J connectivity index is 2.17. The molecule has 0 saturated heterocycles. The Morgan fingerprint density at radius 2 is 1.83 bits per heavy atom. The first-order chi connectivity index (χ1) is 8.72. The van der Waals surface area contributed by atoms with Crippen LogP contribution in [0.25, 0.3) is 0 Å². The molecule has 2 rings (SSSR count). The smallest absolute Gasteiger partial charge is 0.212 e. The van der Waals surface area contributed by atoms with E-state index in [1.165, 1.54) is 0 Å². The van der Waals surface area contributed by atoms with Crippen molar-refractivity contribution in [1.29, 1.82) is 0 Å². The molecular weight excluding hydrogens is 228 g/mol. The molecule has 0 bridgehead atoms. The number of aromatic nitrogens is 1. The summed E-state index contributed by atoms with van der Waals surface area (Å²) in [5, 5.41) is 10.2. The highest BCUT2D eigenvalue weighted by Crippen LogP contribution is 2.26. The molecule has 0 amide bonds. The van der Waals surface area contributed by atoms with Gasteiger partial charge in [0.1, 0.15) is 0 Å². The quantitative estimate of drug-likeness (QED) is 0.860. The topological polar surface area (TPSA) is 68.4 Å². The lowest BCUT2D eigenvalue weighted by Gasteiger charge is -2.19. The summed E-state index contributed by atoms with van der Waals surface area (Å²) in [6.07, 6.45) is 0.789. The molecule has 0 radical (unpaired) electrons. The van der Waals surface area contributed by atoms with Crippen LogP contribution in [0.2, 0.25) is 0 Å². The fourth-order valence-corrected chi connectivity index (χ4v) is 1.75. The molecule has 1 aromatic heterocycles. The second kappa shape index (κ2) is 5.62. The van der Waals surface area contributed by atoms with Crippen LogP contribution in [0, 0.1) is 0 Å². The fraction of sp³-hybridized carbons (Fsp3) is 0.214. The van der Waals surface area contributed by atoms with E-state index in [4.69, 9.17) is 10.5 Å². The Bertz CT molecular complexity index is 485. The molecule has 1 heterocycles. The molecule has 0 spiro atoms. The highest BCUT2D eigenvalue weighted by atomic mass is 16.5. The fourth-order valence-electron chi connectivity index (χ4n) is 1.75. The number of hydrogen-bond donors (Lipinski definition) is 2. The Hall–Kier alpha value is -1.91. The van der Waals surface area contributed by atoms with Crippen LogP contribution in [0.4, 0.5) is 0 Å². The summed E-state index contributed by atoms with van der Waals surface area (Å²) in [4.78, 5) is 4.06. The van der Waals surface area contributed by atoms with Crippen molar-refractivity contribution in [2.24, 2.45) is 5.73 Å². The zero-order chi connectivity index (χ0) is 13.0. The number of nitrogens with zero attached hydrogens (tertiary/aromatic N) is 1. The van der Waals surface area contributed by atoms with Crippen LogP contribution in [0.3, 0.4) is 0 Å². The Kier molecular flexibility index (Phi) is 3.92. The van der Waals surface area contributed by atoms with Crippen molar-refractivity contribution in [2.45, 2.75) is 12.1 Å². The minimum absolute atomic E-state index is 0.471. The Morgan fingerprint density at radius 3 is 2.39 bits per heavy atom. The van der Waals surface area contributed by atoms with Gasteiger partial charge in [0, 0.05) is 17.8 Å². The van der Waals surface area contributed by atoms with Gasteiger partial charge in [0.2, 0.25) is 5.88 Å². The molecule has 0 aliphatic rings. The molecule has 18 heavy (non-hydrogen) atoms. The lowest BCUT2D eigenvalue weighted by Crippen LogP contribution is -2.19. The van der Waals surface area contributed by atoms with E-state index in [9.17, 15) is 5.11 Å². The van der Waals surface area contributed by atoms with Gasteiger partial charge in [-0.2, -0.15) is 0 Å². The molecule has 2 aromatic rings. The second-order valence-corrected chi connectivity index (χ2v) is 4.02. The molecule has 2 atom stereocenters. The van der Waals surface area contributed by atoms with Crippen molar-refractivity contribution < 1.29 is 9.84 Å². The van der Waals surface area contributed by atoms with Gasteiger partial charge in [-0.3, -0.25) is 0 Å². The van der Waals surface area contributed by atoms with Gasteiger partial charge in [0.05, 0.1) is 19.3 Å². The maximum Gasteiger partial charge on any atom is 0.212 e. The maximum absolute atomic E-state index is 10.2. The molecule has 1 aromatic carbocycles. The Labute approximate surface area is 106 Å². The van der Waals surface area contributed by atoms with E-state index in [-0.39, 0.29) is 0 Å². The normalized spacial score (nSPS) is 13.9. The largest absolute Gasteiger partial charge is 0.481 e. The molecule has 2 unspecified atom stereocenters. The van der Waals surface area contributed by atoms with Crippen LogP contribution < -0.4 is 10.5 Å². The van der Waals surface area contributed by atoms with Crippen molar-refractivity contribution in [2.75, 3.05) is 7.11 Å². The minimum atomic E-state index is -0.786. The van der Waals surface area contributed by atoms with Gasteiger partial charge in [-0.05, 0) is 11.6 Å². The lowest BCUT2D eigenvalue weighted by atomic mass is 9.98. The summed E-state index contributed by atoms with van der Waals surface area (Å²) >= 11 is 0. The van der Waals surface area contributed by atoms with E-state index >= 15 is 0 Å². The number of nitrogens with two attached hydrogens (primary N) is 1. The van der Waals surface area contributed by atoms with Gasteiger partial charge >= 0.3 is 0 Å². The van der Waals surface area contributed by atoms with Crippen LogP contribution in [-0.2, 0) is 0 Å². The third-order valence-electron chi connectivity index (χ3n) is 2.83. The molecule has 0 fully saturated rings. The van der Waals surface area contributed by atoms with E-state index in [1.54, 1.807) is 25.4 Å². The first-order valence-electron chi connectivity index (χ1n) is 5.71. The monoisotopic (exact) mass is 244 g/mol. The second-order valence-electron chi connectivity index (χ2n) is 4.02. The molecule has 0 saturated carbocycles. The standard InChI is InChI=1S/C14H16N2O2/c1-18-12-8-7-11(9-16-12)14(17)13(15)10-5-3-2-4-6-10/h2-9,13-14,17H,15H2,1H3. The van der Waals surface area contributed by atoms with E-state index < -0.39 is 12.1 Å². The number of benzene rings is 1. The van der Waals surface area contributed by atoms with Crippen molar-refractivity contribution in [1.82, 2.24) is 4.98 Å². The summed E-state index contributed by atoms with van der Waals surface area (Å²) in [5.41, 5.74) is 7.60. The average molecular weight is 244 g/mol. The molecule has 3 N–H and O–H groups in total. The lowest BCUT2D eigenvalue weighted by molar-refractivity contribution is 0.146. The van der Waals surface area contributed by atoms with Gasteiger partial charge < -0.3 is 15.6 Å². The summed E-state index contributed by atoms with van der Waals surface area (Å²) in [5.74, 6) is 0.513. The number of aliphatic hydroxyl groups is 1. The van der Waals surface area contributed by atoms with E-state index in [0.29, 0.717) is 11.4 Å². The van der Waals surface area contributed by atoms with Crippen LogP contribution in [0.15, 0.2) is 48.7 Å². The number of aliphatic hydroxyl groups excluding tert-OH is 1. The van der Waals surface area contributed by atoms with Gasteiger partial charge in [0.15, 0.2) is 0 Å². The summed E-state index contributed by atoms with van der Waals surface area (Å²) in [6, 6.07) is 12.5. The van der Waals surface area contributed by atoms with Gasteiger partial charge in [-0.1, -0.05) is 30.3 Å². The summed E-state index contributed by atoms with van der Waals surface area (Å²) in [7, 11) is 1.55. The SMILES string of the molecule is COc1ccc(C(O)C(N)c2ccccc2)cn1. The van der Waals surface area contributed by atoms with Crippen molar-refractivity contribution in [3.63, 3.8) is 0 Å². The maximum atomic E-state index is 10.2. The summed E-state index contributed by atoms with van der Waals surface area (Å²) < 4.78 is 4.97. The Morgan fingerprint density at radius 1 is 1.11 bits per heavy atom. The zero-order valence-corrected chi connectivity index (χ0v) is 10.2. The van der Waals surface area contributed by atoms with E-state index in [2.05, 4.69) is 4.98 Å². The number of hydrogen-bond acceptors (Lipinski definition) is 4. The molecule has 4 nitrogen and oxygen atoms in total. The van der Waals surface area contributed by atoms with Crippen LogP contribution in [0.5, 0.6) is 5.88 Å². The highest BCUT2D eigenvalue weighted by molar-refractivity contribution is 5.26. The van der Waals surface area contributed by atoms with Crippen LogP contribution in [-0.4, -0.2) is 17.2 Å². The zero-order valence-electron chi connectivity index (χ0n) is 10.2. The predicted molar refractivity (Wildman–Crippen MR) is 69.1 cm³/mol. The van der Waals surface area contributed by atoms with Gasteiger partial charge in [0.25, 0.3) is 0 Å². The highest BCUT2D eigenvalue weighted by Gasteiger charge is 2.18. The van der Waals surface area contributed by atoms with E-state index in [0.717, 1.165) is 5.56 Å². The van der Waals surface area contributed by atoms with Crippen molar-refractivity contribution in [3.05, 3.63) is 59.8 Å². The van der Waals surface area contributed by atoms with Gasteiger partial charge in [-0.25, -0.2) is 4.98 Å². The molecule has 94 valence electrons. The summed E-state index contributed by atoms with van der Waals surface area (Å²) in [6.45, 7) is 0. The average Bonchev–Trinajstić information content (AvgIpc) is 2.47. The van der Waals surface area contributed by atoms with Crippen molar-refractivity contribution in [3.8, 4) is 5.88 Å². The number of methoxy groups -OCH3 is 1. The van der Waals surface area contributed by atoms with Crippen LogP contribution >= 0.6 is 0 Å². The molecule has 0 aliphatic heterocycles. The minimum Gasteiger partial charge on any atom is -0.481 e. The number of pyridine rings is 1. The number of rotatable bonds is 4. The van der Waals surface area contributed by atoms with E-state index in [1.807, 2.05) is 30.3 Å². The molecule has 4 heteroatoms. The third kappa shape index (κ3) is 2.67. The molecule has 0 aliphatic carbocycles.